The van der Waals surface area contributed by atoms with Gasteiger partial charge in [0.05, 0.1) is 0 Å². The van der Waals surface area contributed by atoms with Crippen molar-refractivity contribution in [2.75, 3.05) is 25.4 Å². The molecule has 3 N–H and O–H groups in total. The number of carbonyl (C=O) groups is 1. The molecule has 1 fully saturated rings. The number of hydrogen-bond donors (Lipinski definition) is 2. The summed E-state index contributed by atoms with van der Waals surface area (Å²) in [6.45, 7) is 2.41. The molecule has 2 rings (SSSR count). The number of hydrogen-bond acceptors (Lipinski definition) is 2. The average molecular weight is 219 g/mol. The number of rotatable bonds is 3. The highest BCUT2D eigenvalue weighted by atomic mass is 16.2. The number of amides is 2. The Balaban J connectivity index is 1.89. The molecule has 1 aromatic carbocycles. The summed E-state index contributed by atoms with van der Waals surface area (Å²) in [4.78, 5) is 13.3. The summed E-state index contributed by atoms with van der Waals surface area (Å²) < 4.78 is 0. The van der Waals surface area contributed by atoms with Crippen LogP contribution in [0.15, 0.2) is 24.3 Å². The number of anilines is 1. The lowest BCUT2D eigenvalue weighted by atomic mass is 10.1. The van der Waals surface area contributed by atoms with Crippen LogP contribution in [0.2, 0.25) is 0 Å². The third-order valence-corrected chi connectivity index (χ3v) is 2.79. The highest BCUT2D eigenvalue weighted by molar-refractivity contribution is 5.74. The van der Waals surface area contributed by atoms with E-state index >= 15 is 0 Å². The van der Waals surface area contributed by atoms with E-state index in [1.807, 2.05) is 29.2 Å². The van der Waals surface area contributed by atoms with E-state index in [-0.39, 0.29) is 6.03 Å². The van der Waals surface area contributed by atoms with E-state index in [1.165, 1.54) is 5.56 Å². The number of benzene rings is 1. The van der Waals surface area contributed by atoms with Crippen LogP contribution in [0.3, 0.4) is 0 Å². The molecule has 4 heteroatoms. The molecule has 0 saturated carbocycles. The Bertz CT molecular complexity index is 378. The average Bonchev–Trinajstić information content (AvgIpc) is 2.28. The molecule has 4 nitrogen and oxygen atoms in total. The van der Waals surface area contributed by atoms with Gasteiger partial charge >= 0.3 is 6.03 Å². The number of nitrogen functional groups attached to an aromatic ring is 1. The normalized spacial score (nSPS) is 16.0. The van der Waals surface area contributed by atoms with Gasteiger partial charge in [0.15, 0.2) is 0 Å². The predicted octanol–water partition coefficient (Wildman–Crippen LogP) is 1.23. The van der Waals surface area contributed by atoms with Crippen molar-refractivity contribution in [3.63, 3.8) is 0 Å². The van der Waals surface area contributed by atoms with Gasteiger partial charge in [0, 0.05) is 25.3 Å². The molecule has 1 saturated heterocycles. The van der Waals surface area contributed by atoms with E-state index < -0.39 is 0 Å². The Morgan fingerprint density at radius 1 is 1.44 bits per heavy atom. The first-order valence-electron chi connectivity index (χ1n) is 5.63. The molecule has 2 amide bonds. The van der Waals surface area contributed by atoms with Gasteiger partial charge in [-0.1, -0.05) is 12.1 Å². The Morgan fingerprint density at radius 2 is 2.31 bits per heavy atom. The van der Waals surface area contributed by atoms with Crippen molar-refractivity contribution < 1.29 is 4.79 Å². The lowest BCUT2D eigenvalue weighted by molar-refractivity contribution is 0.187. The van der Waals surface area contributed by atoms with Crippen LogP contribution in [-0.4, -0.2) is 30.6 Å². The minimum Gasteiger partial charge on any atom is -0.399 e. The second kappa shape index (κ2) is 4.88. The fourth-order valence-corrected chi connectivity index (χ4v) is 1.90. The van der Waals surface area contributed by atoms with Crippen molar-refractivity contribution in [1.82, 2.24) is 10.2 Å². The number of nitrogens with zero attached hydrogens (tertiary/aromatic N) is 1. The van der Waals surface area contributed by atoms with Gasteiger partial charge in [-0.3, -0.25) is 0 Å². The van der Waals surface area contributed by atoms with Crippen molar-refractivity contribution in [2.24, 2.45) is 0 Å². The monoisotopic (exact) mass is 219 g/mol. The first-order valence-corrected chi connectivity index (χ1v) is 5.63. The van der Waals surface area contributed by atoms with Gasteiger partial charge in [-0.2, -0.15) is 0 Å². The molecule has 1 aliphatic rings. The van der Waals surface area contributed by atoms with Crippen LogP contribution in [0.25, 0.3) is 0 Å². The maximum atomic E-state index is 11.5. The Kier molecular flexibility index (Phi) is 3.29. The molecule has 1 aromatic rings. The van der Waals surface area contributed by atoms with Gasteiger partial charge in [0.25, 0.3) is 0 Å². The van der Waals surface area contributed by atoms with Crippen LogP contribution in [0, 0.1) is 0 Å². The zero-order valence-electron chi connectivity index (χ0n) is 9.28. The zero-order chi connectivity index (χ0) is 11.4. The first kappa shape index (κ1) is 10.8. The highest BCUT2D eigenvalue weighted by Crippen LogP contribution is 2.08. The Morgan fingerprint density at radius 3 is 3.06 bits per heavy atom. The van der Waals surface area contributed by atoms with E-state index in [2.05, 4.69) is 5.32 Å². The molecule has 0 spiro atoms. The van der Waals surface area contributed by atoms with Crippen molar-refractivity contribution in [1.29, 1.82) is 0 Å². The zero-order valence-corrected chi connectivity index (χ0v) is 9.28. The van der Waals surface area contributed by atoms with Crippen molar-refractivity contribution in [2.45, 2.75) is 12.8 Å². The van der Waals surface area contributed by atoms with Crippen LogP contribution in [-0.2, 0) is 6.42 Å². The quantitative estimate of drug-likeness (QED) is 0.751. The molecular formula is C12H17N3O. The molecule has 1 aliphatic heterocycles. The third kappa shape index (κ3) is 2.66. The van der Waals surface area contributed by atoms with Gasteiger partial charge < -0.3 is 16.0 Å². The topological polar surface area (TPSA) is 58.4 Å². The SMILES string of the molecule is Nc1cccc(CCN2CCCNC2=O)c1. The molecular weight excluding hydrogens is 202 g/mol. The maximum absolute atomic E-state index is 11.5. The number of nitrogens with one attached hydrogen (secondary N) is 1. The van der Waals surface area contributed by atoms with Crippen molar-refractivity contribution >= 4 is 11.7 Å². The molecule has 0 bridgehead atoms. The summed E-state index contributed by atoms with van der Waals surface area (Å²) in [7, 11) is 0. The van der Waals surface area contributed by atoms with Gasteiger partial charge in [-0.15, -0.1) is 0 Å². The lowest BCUT2D eigenvalue weighted by Crippen LogP contribution is -2.47. The van der Waals surface area contributed by atoms with Gasteiger partial charge in [-0.05, 0) is 30.5 Å². The molecule has 0 atom stereocenters. The summed E-state index contributed by atoms with van der Waals surface area (Å²) in [5.74, 6) is 0. The maximum Gasteiger partial charge on any atom is 0.317 e. The van der Waals surface area contributed by atoms with Crippen molar-refractivity contribution in [3.05, 3.63) is 29.8 Å². The molecule has 1 heterocycles. The standard InChI is InChI=1S/C12H17N3O/c13-11-4-1-3-10(9-11)5-8-15-7-2-6-14-12(15)16/h1,3-4,9H,2,5-8,13H2,(H,14,16). The summed E-state index contributed by atoms with van der Waals surface area (Å²) in [5, 5.41) is 2.84. The van der Waals surface area contributed by atoms with Crippen LogP contribution in [0.4, 0.5) is 10.5 Å². The summed E-state index contributed by atoms with van der Waals surface area (Å²) in [5.41, 5.74) is 7.66. The summed E-state index contributed by atoms with van der Waals surface area (Å²) in [6.07, 6.45) is 1.89. The van der Waals surface area contributed by atoms with E-state index in [1.54, 1.807) is 0 Å². The van der Waals surface area contributed by atoms with Gasteiger partial charge in [-0.25, -0.2) is 4.79 Å². The summed E-state index contributed by atoms with van der Waals surface area (Å²) in [6, 6.07) is 7.87. The number of nitrogens with two attached hydrogens (primary N) is 1. The number of urea groups is 1. The minimum atomic E-state index is 0.0511. The van der Waals surface area contributed by atoms with Crippen LogP contribution in [0.5, 0.6) is 0 Å². The molecule has 16 heavy (non-hydrogen) atoms. The summed E-state index contributed by atoms with van der Waals surface area (Å²) >= 11 is 0. The van der Waals surface area contributed by atoms with E-state index in [0.29, 0.717) is 0 Å². The lowest BCUT2D eigenvalue weighted by Gasteiger charge is -2.27. The second-order valence-corrected chi connectivity index (χ2v) is 4.07. The molecule has 0 aromatic heterocycles. The third-order valence-electron chi connectivity index (χ3n) is 2.79. The molecule has 0 unspecified atom stereocenters. The van der Waals surface area contributed by atoms with Crippen LogP contribution >= 0.6 is 0 Å². The van der Waals surface area contributed by atoms with Crippen molar-refractivity contribution in [3.8, 4) is 0 Å². The fraction of sp³-hybridized carbons (Fsp3) is 0.417. The Hall–Kier alpha value is -1.71. The largest absolute Gasteiger partial charge is 0.399 e. The minimum absolute atomic E-state index is 0.0511. The molecule has 86 valence electrons. The Labute approximate surface area is 95.4 Å². The van der Waals surface area contributed by atoms with E-state index in [4.69, 9.17) is 5.73 Å². The fourth-order valence-electron chi connectivity index (χ4n) is 1.90. The van der Waals surface area contributed by atoms with Crippen LogP contribution < -0.4 is 11.1 Å². The second-order valence-electron chi connectivity index (χ2n) is 4.07. The molecule has 0 radical (unpaired) electrons. The smallest absolute Gasteiger partial charge is 0.317 e. The predicted molar refractivity (Wildman–Crippen MR) is 64.1 cm³/mol. The molecule has 0 aliphatic carbocycles. The number of carbonyl (C=O) groups excluding carboxylic acids is 1. The van der Waals surface area contributed by atoms with E-state index in [9.17, 15) is 4.79 Å². The van der Waals surface area contributed by atoms with E-state index in [0.717, 1.165) is 38.2 Å². The first-order chi connectivity index (χ1) is 7.75. The van der Waals surface area contributed by atoms with Gasteiger partial charge in [0.2, 0.25) is 0 Å². The van der Waals surface area contributed by atoms with Gasteiger partial charge in [0.1, 0.15) is 0 Å². The highest BCUT2D eigenvalue weighted by Gasteiger charge is 2.16. The van der Waals surface area contributed by atoms with Crippen LogP contribution in [0.1, 0.15) is 12.0 Å².